The molecule has 0 radical (unpaired) electrons. The molecule has 2 amide bonds. The van der Waals surface area contributed by atoms with Gasteiger partial charge in [0.1, 0.15) is 11.8 Å². The van der Waals surface area contributed by atoms with Crippen LogP contribution >= 0.6 is 23.2 Å². The van der Waals surface area contributed by atoms with Crippen molar-refractivity contribution >= 4 is 35.0 Å². The third-order valence-corrected chi connectivity index (χ3v) is 7.09. The molecule has 1 aliphatic rings. The third kappa shape index (κ3) is 6.89. The third-order valence-electron chi connectivity index (χ3n) is 6.39. The van der Waals surface area contributed by atoms with Crippen LogP contribution in [-0.2, 0) is 16.1 Å². The largest absolute Gasteiger partial charge is 0.484 e. The summed E-state index contributed by atoms with van der Waals surface area (Å²) in [6.45, 7) is 6.09. The Morgan fingerprint density at radius 2 is 1.68 bits per heavy atom. The number of carbonyl (C=O) groups is 2. The van der Waals surface area contributed by atoms with E-state index in [1.54, 1.807) is 23.1 Å². The van der Waals surface area contributed by atoms with Crippen LogP contribution in [-0.4, -0.2) is 35.4 Å². The van der Waals surface area contributed by atoms with Crippen molar-refractivity contribution in [3.8, 4) is 5.75 Å². The minimum Gasteiger partial charge on any atom is -0.484 e. The second-order valence-electron chi connectivity index (χ2n) is 9.15. The van der Waals surface area contributed by atoms with Crippen LogP contribution in [0.15, 0.2) is 42.5 Å². The van der Waals surface area contributed by atoms with Crippen LogP contribution in [0.1, 0.15) is 69.9 Å². The van der Waals surface area contributed by atoms with Crippen LogP contribution in [0.5, 0.6) is 5.75 Å². The van der Waals surface area contributed by atoms with Crippen LogP contribution < -0.4 is 10.1 Å². The van der Waals surface area contributed by atoms with Crippen molar-refractivity contribution < 1.29 is 14.3 Å². The van der Waals surface area contributed by atoms with Gasteiger partial charge < -0.3 is 15.0 Å². The molecule has 2 aromatic carbocycles. The lowest BCUT2D eigenvalue weighted by Gasteiger charge is -2.32. The number of benzene rings is 2. The summed E-state index contributed by atoms with van der Waals surface area (Å²) < 4.78 is 5.80. The molecule has 1 N–H and O–H groups in total. The number of halogens is 2. The van der Waals surface area contributed by atoms with Crippen molar-refractivity contribution in [2.45, 2.75) is 77.4 Å². The second-order valence-corrected chi connectivity index (χ2v) is 9.96. The summed E-state index contributed by atoms with van der Waals surface area (Å²) in [5, 5.41) is 4.05. The first kappa shape index (κ1) is 26.4. The molecule has 1 fully saturated rings. The SMILES string of the molecule is CCC(C(=O)NC1CCCC1)N(Cc1c(Cl)cccc1Cl)C(=O)COc1ccc(C(C)C)cc1. The van der Waals surface area contributed by atoms with E-state index in [2.05, 4.69) is 19.2 Å². The van der Waals surface area contributed by atoms with Gasteiger partial charge in [0.25, 0.3) is 5.91 Å². The average Bonchev–Trinajstić information content (AvgIpc) is 3.32. The molecular weight excluding hydrogens is 471 g/mol. The number of carbonyl (C=O) groups excluding carboxylic acids is 2. The van der Waals surface area contributed by atoms with Crippen LogP contribution in [0.25, 0.3) is 0 Å². The lowest BCUT2D eigenvalue weighted by molar-refractivity contribution is -0.143. The van der Waals surface area contributed by atoms with E-state index < -0.39 is 6.04 Å². The van der Waals surface area contributed by atoms with Crippen molar-refractivity contribution in [2.24, 2.45) is 0 Å². The Bertz CT molecular complexity index is 952. The second kappa shape index (κ2) is 12.5. The molecule has 0 bridgehead atoms. The maximum Gasteiger partial charge on any atom is 0.261 e. The molecule has 1 atom stereocenters. The number of nitrogens with one attached hydrogen (secondary N) is 1. The van der Waals surface area contributed by atoms with Gasteiger partial charge in [0.05, 0.1) is 0 Å². The Morgan fingerprint density at radius 3 is 2.24 bits per heavy atom. The van der Waals surface area contributed by atoms with Gasteiger partial charge in [-0.3, -0.25) is 9.59 Å². The Labute approximate surface area is 212 Å². The average molecular weight is 505 g/mol. The van der Waals surface area contributed by atoms with Gasteiger partial charge in [-0.2, -0.15) is 0 Å². The number of nitrogens with zero attached hydrogens (tertiary/aromatic N) is 1. The molecule has 5 nitrogen and oxygen atoms in total. The number of hydrogen-bond donors (Lipinski definition) is 1. The molecular formula is C27H34Cl2N2O3. The summed E-state index contributed by atoms with van der Waals surface area (Å²) in [5.41, 5.74) is 1.82. The summed E-state index contributed by atoms with van der Waals surface area (Å²) in [7, 11) is 0. The van der Waals surface area contributed by atoms with Crippen molar-refractivity contribution in [2.75, 3.05) is 6.61 Å². The lowest BCUT2D eigenvalue weighted by Crippen LogP contribution is -2.52. The summed E-state index contributed by atoms with van der Waals surface area (Å²) in [5.74, 6) is 0.580. The zero-order chi connectivity index (χ0) is 24.7. The van der Waals surface area contributed by atoms with Gasteiger partial charge in [-0.05, 0) is 55.0 Å². The fourth-order valence-electron chi connectivity index (χ4n) is 4.32. The summed E-state index contributed by atoms with van der Waals surface area (Å²) in [6, 6.07) is 12.5. The molecule has 34 heavy (non-hydrogen) atoms. The van der Waals surface area contributed by atoms with Crippen molar-refractivity contribution in [3.63, 3.8) is 0 Å². The predicted octanol–water partition coefficient (Wildman–Crippen LogP) is 6.36. The van der Waals surface area contributed by atoms with Crippen molar-refractivity contribution in [1.82, 2.24) is 10.2 Å². The van der Waals surface area contributed by atoms with Gasteiger partial charge in [-0.25, -0.2) is 0 Å². The van der Waals surface area contributed by atoms with E-state index in [1.165, 1.54) is 5.56 Å². The highest BCUT2D eigenvalue weighted by Crippen LogP contribution is 2.27. The monoisotopic (exact) mass is 504 g/mol. The number of hydrogen-bond acceptors (Lipinski definition) is 3. The molecule has 0 aromatic heterocycles. The molecule has 2 aromatic rings. The van der Waals surface area contributed by atoms with E-state index in [0.717, 1.165) is 25.7 Å². The smallest absolute Gasteiger partial charge is 0.261 e. The normalized spacial score (nSPS) is 14.8. The lowest BCUT2D eigenvalue weighted by atomic mass is 10.0. The van der Waals surface area contributed by atoms with Crippen LogP contribution in [0.3, 0.4) is 0 Å². The topological polar surface area (TPSA) is 58.6 Å². The molecule has 3 rings (SSSR count). The maximum absolute atomic E-state index is 13.4. The number of ether oxygens (including phenoxy) is 1. The highest BCUT2D eigenvalue weighted by atomic mass is 35.5. The van der Waals surface area contributed by atoms with E-state index in [9.17, 15) is 9.59 Å². The first-order valence-corrected chi connectivity index (χ1v) is 12.8. The quantitative estimate of drug-likeness (QED) is 0.409. The molecule has 1 saturated carbocycles. The standard InChI is InChI=1S/C27H34Cl2N2O3/c1-4-25(27(33)30-20-8-5-6-9-20)31(16-22-23(28)10-7-11-24(22)29)26(32)17-34-21-14-12-19(13-15-21)18(2)3/h7,10-15,18,20,25H,4-6,8-9,16-17H2,1-3H3,(H,30,33). The molecule has 1 aliphatic carbocycles. The number of rotatable bonds is 10. The van der Waals surface area contributed by atoms with E-state index in [0.29, 0.717) is 33.7 Å². The van der Waals surface area contributed by atoms with Gasteiger partial charge >= 0.3 is 0 Å². The molecule has 184 valence electrons. The Morgan fingerprint density at radius 1 is 1.06 bits per heavy atom. The van der Waals surface area contributed by atoms with Gasteiger partial charge in [0, 0.05) is 28.2 Å². The van der Waals surface area contributed by atoms with Crippen molar-refractivity contribution in [1.29, 1.82) is 0 Å². The van der Waals surface area contributed by atoms with E-state index in [1.807, 2.05) is 31.2 Å². The maximum atomic E-state index is 13.4. The molecule has 0 heterocycles. The molecule has 7 heteroatoms. The Hall–Kier alpha value is -2.24. The van der Waals surface area contributed by atoms with Gasteiger partial charge in [-0.15, -0.1) is 0 Å². The van der Waals surface area contributed by atoms with Crippen LogP contribution in [0.2, 0.25) is 10.0 Å². The minimum atomic E-state index is -0.646. The predicted molar refractivity (Wildman–Crippen MR) is 138 cm³/mol. The van der Waals surface area contributed by atoms with Crippen molar-refractivity contribution in [3.05, 3.63) is 63.6 Å². The zero-order valence-corrected chi connectivity index (χ0v) is 21.7. The highest BCUT2D eigenvalue weighted by molar-refractivity contribution is 6.36. The summed E-state index contributed by atoms with van der Waals surface area (Å²) >= 11 is 12.8. The van der Waals surface area contributed by atoms with E-state index >= 15 is 0 Å². The fraction of sp³-hybridized carbons (Fsp3) is 0.481. The van der Waals surface area contributed by atoms with E-state index in [-0.39, 0.29) is 31.0 Å². The first-order valence-electron chi connectivity index (χ1n) is 12.1. The number of amides is 2. The Kier molecular flexibility index (Phi) is 9.66. The van der Waals surface area contributed by atoms with Crippen LogP contribution in [0, 0.1) is 0 Å². The van der Waals surface area contributed by atoms with E-state index in [4.69, 9.17) is 27.9 Å². The van der Waals surface area contributed by atoms with Gasteiger partial charge in [-0.1, -0.05) is 75.0 Å². The summed E-state index contributed by atoms with van der Waals surface area (Å²) in [6.07, 6.45) is 4.64. The molecule has 1 unspecified atom stereocenters. The first-order chi connectivity index (χ1) is 16.3. The fourth-order valence-corrected chi connectivity index (χ4v) is 4.83. The zero-order valence-electron chi connectivity index (χ0n) is 20.2. The van der Waals surface area contributed by atoms with Crippen LogP contribution in [0.4, 0.5) is 0 Å². The highest BCUT2D eigenvalue weighted by Gasteiger charge is 2.31. The minimum absolute atomic E-state index is 0.129. The Balaban J connectivity index is 1.78. The molecule has 0 aliphatic heterocycles. The molecule has 0 saturated heterocycles. The molecule has 0 spiro atoms. The summed E-state index contributed by atoms with van der Waals surface area (Å²) in [4.78, 5) is 28.1. The van der Waals surface area contributed by atoms with Gasteiger partial charge in [0.15, 0.2) is 6.61 Å². The van der Waals surface area contributed by atoms with Gasteiger partial charge in [0.2, 0.25) is 5.91 Å².